The van der Waals surface area contributed by atoms with E-state index in [0.717, 1.165) is 5.57 Å². The van der Waals surface area contributed by atoms with Crippen molar-refractivity contribution in [3.8, 4) is 11.5 Å². The number of hydrogen-bond acceptors (Lipinski definition) is 0. The quantitative estimate of drug-likeness (QED) is 0.319. The van der Waals surface area contributed by atoms with Gasteiger partial charge in [0.05, 0.1) is 0 Å². The lowest BCUT2D eigenvalue weighted by molar-refractivity contribution is 1.02. The zero-order valence-corrected chi connectivity index (χ0v) is 19.2. The van der Waals surface area contributed by atoms with Crippen LogP contribution in [-0.2, 0) is 0 Å². The highest BCUT2D eigenvalue weighted by molar-refractivity contribution is 6.84. The van der Waals surface area contributed by atoms with E-state index in [1.807, 2.05) is 0 Å². The summed E-state index contributed by atoms with van der Waals surface area (Å²) in [4.78, 5) is 0. The van der Waals surface area contributed by atoms with Crippen LogP contribution in [0.25, 0.3) is 5.57 Å². The lowest BCUT2D eigenvalue weighted by atomic mass is 9.87. The van der Waals surface area contributed by atoms with Gasteiger partial charge in [0.25, 0.3) is 0 Å². The Bertz CT molecular complexity index is 976. The van der Waals surface area contributed by atoms with E-state index in [2.05, 4.69) is 130 Å². The molecule has 0 unspecified atom stereocenters. The van der Waals surface area contributed by atoms with E-state index in [4.69, 9.17) is 0 Å². The molecule has 29 heavy (non-hydrogen) atoms. The van der Waals surface area contributed by atoms with Crippen molar-refractivity contribution in [2.45, 2.75) is 39.4 Å². The highest BCUT2D eigenvalue weighted by atomic mass is 28.3. The lowest BCUT2D eigenvalue weighted by Gasteiger charge is -2.17. The number of hydrogen-bond donors (Lipinski definition) is 0. The molecule has 0 N–H and O–H groups in total. The molecule has 0 heterocycles. The summed E-state index contributed by atoms with van der Waals surface area (Å²) in [6.45, 7) is 11.1. The van der Waals surface area contributed by atoms with Crippen LogP contribution in [-0.4, -0.2) is 8.07 Å². The summed E-state index contributed by atoms with van der Waals surface area (Å²) in [7, 11) is -1.48. The molecular formula is C28H30Si. The van der Waals surface area contributed by atoms with Crippen LogP contribution in [0.15, 0.2) is 84.9 Å². The average Bonchev–Trinajstić information content (AvgIpc) is 2.70. The van der Waals surface area contributed by atoms with Crippen LogP contribution in [0.2, 0.25) is 19.6 Å². The molecule has 0 nitrogen and oxygen atoms in total. The third kappa shape index (κ3) is 6.08. The third-order valence-corrected chi connectivity index (χ3v) is 5.74. The summed E-state index contributed by atoms with van der Waals surface area (Å²) in [6, 6.07) is 28.3. The molecule has 0 aliphatic carbocycles. The minimum Gasteiger partial charge on any atom is -0.127 e. The van der Waals surface area contributed by atoms with Crippen LogP contribution in [0.1, 0.15) is 33.7 Å². The Hall–Kier alpha value is -2.82. The fraction of sp³-hybridized carbons (Fsp3) is 0.214. The Morgan fingerprint density at radius 1 is 0.724 bits per heavy atom. The van der Waals surface area contributed by atoms with E-state index in [-0.39, 0.29) is 5.92 Å². The van der Waals surface area contributed by atoms with Crippen LogP contribution >= 0.6 is 0 Å². The van der Waals surface area contributed by atoms with Gasteiger partial charge in [0.1, 0.15) is 8.07 Å². The topological polar surface area (TPSA) is 0 Å². The second-order valence-corrected chi connectivity index (χ2v) is 13.5. The molecule has 0 radical (unpaired) electrons. The molecule has 1 heteroatoms. The Morgan fingerprint density at radius 3 is 1.66 bits per heavy atom. The molecule has 0 bridgehead atoms. The molecule has 146 valence electrons. The first kappa shape index (κ1) is 20.9. The molecule has 0 fully saturated rings. The fourth-order valence-electron chi connectivity index (χ4n) is 3.18. The zero-order valence-electron chi connectivity index (χ0n) is 18.2. The number of benzene rings is 3. The van der Waals surface area contributed by atoms with Crippen LogP contribution in [0, 0.1) is 25.3 Å². The molecule has 0 aromatic heterocycles. The Labute approximate surface area is 177 Å². The summed E-state index contributed by atoms with van der Waals surface area (Å²) in [5.41, 5.74) is 11.0. The Kier molecular flexibility index (Phi) is 6.57. The molecule has 0 spiro atoms. The van der Waals surface area contributed by atoms with Gasteiger partial charge in [0.2, 0.25) is 0 Å². The van der Waals surface area contributed by atoms with Crippen molar-refractivity contribution in [2.24, 2.45) is 0 Å². The van der Waals surface area contributed by atoms with Gasteiger partial charge >= 0.3 is 0 Å². The second-order valence-electron chi connectivity index (χ2n) is 8.75. The van der Waals surface area contributed by atoms with Gasteiger partial charge in [-0.25, -0.2) is 0 Å². The Balaban J connectivity index is 2.16. The maximum Gasteiger partial charge on any atom is 0.129 e. The number of rotatable bonds is 4. The van der Waals surface area contributed by atoms with Crippen LogP contribution in [0.4, 0.5) is 0 Å². The van der Waals surface area contributed by atoms with E-state index < -0.39 is 8.07 Å². The van der Waals surface area contributed by atoms with Gasteiger partial charge < -0.3 is 0 Å². The predicted octanol–water partition coefficient (Wildman–Crippen LogP) is 7.40. The summed E-state index contributed by atoms with van der Waals surface area (Å²) in [5.74, 6) is 3.71. The van der Waals surface area contributed by atoms with Crippen molar-refractivity contribution in [1.82, 2.24) is 0 Å². The molecule has 3 aromatic carbocycles. The SMILES string of the molecule is Cc1ccc(C(/C=C(\C#C[Si](C)(C)C)c2ccccc2)c2ccc(C)cc2)cc1. The largest absolute Gasteiger partial charge is 0.129 e. The maximum absolute atomic E-state index is 3.57. The Morgan fingerprint density at radius 2 is 1.21 bits per heavy atom. The minimum atomic E-state index is -1.48. The van der Waals surface area contributed by atoms with Gasteiger partial charge in [-0.3, -0.25) is 0 Å². The van der Waals surface area contributed by atoms with E-state index in [1.165, 1.54) is 27.8 Å². The van der Waals surface area contributed by atoms with Gasteiger partial charge in [0, 0.05) is 11.5 Å². The highest BCUT2D eigenvalue weighted by Crippen LogP contribution is 2.30. The molecule has 3 aromatic rings. The summed E-state index contributed by atoms with van der Waals surface area (Å²) in [6.07, 6.45) is 2.35. The van der Waals surface area contributed by atoms with Gasteiger partial charge in [-0.2, -0.15) is 0 Å². The van der Waals surface area contributed by atoms with Crippen LogP contribution in [0.3, 0.4) is 0 Å². The van der Waals surface area contributed by atoms with Crippen molar-refractivity contribution in [1.29, 1.82) is 0 Å². The monoisotopic (exact) mass is 394 g/mol. The van der Waals surface area contributed by atoms with Crippen molar-refractivity contribution < 1.29 is 0 Å². The summed E-state index contributed by atoms with van der Waals surface area (Å²) < 4.78 is 0. The van der Waals surface area contributed by atoms with E-state index >= 15 is 0 Å². The van der Waals surface area contributed by atoms with Crippen molar-refractivity contribution in [3.63, 3.8) is 0 Å². The summed E-state index contributed by atoms with van der Waals surface area (Å²) >= 11 is 0. The van der Waals surface area contributed by atoms with E-state index in [0.29, 0.717) is 0 Å². The first-order chi connectivity index (χ1) is 13.8. The van der Waals surface area contributed by atoms with Crippen molar-refractivity contribution >= 4 is 13.6 Å². The lowest BCUT2D eigenvalue weighted by Crippen LogP contribution is -2.16. The number of aryl methyl sites for hydroxylation is 2. The smallest absolute Gasteiger partial charge is 0.127 e. The van der Waals surface area contributed by atoms with Crippen molar-refractivity contribution in [2.75, 3.05) is 0 Å². The van der Waals surface area contributed by atoms with Gasteiger partial charge in [-0.1, -0.05) is 122 Å². The molecule has 0 atom stereocenters. The molecule has 3 rings (SSSR count). The van der Waals surface area contributed by atoms with E-state index in [9.17, 15) is 0 Å². The average molecular weight is 395 g/mol. The molecule has 0 saturated carbocycles. The first-order valence-electron chi connectivity index (χ1n) is 10.3. The molecule has 0 amide bonds. The summed E-state index contributed by atoms with van der Waals surface area (Å²) in [5, 5.41) is 0. The molecule has 0 aliphatic heterocycles. The standard InChI is InChI=1S/C28H30Si/c1-22-11-15-25(16-12-22)28(26-17-13-23(2)14-18-26)21-27(19-20-29(3,4)5)24-9-7-6-8-10-24/h6-18,21,28H,1-5H3/b27-21+. The molecular weight excluding hydrogens is 364 g/mol. The van der Waals surface area contributed by atoms with Crippen LogP contribution in [0.5, 0.6) is 0 Å². The zero-order chi connectivity index (χ0) is 20.9. The van der Waals surface area contributed by atoms with Gasteiger partial charge in [0.15, 0.2) is 0 Å². The number of allylic oxidation sites excluding steroid dienone is 2. The highest BCUT2D eigenvalue weighted by Gasteiger charge is 2.14. The van der Waals surface area contributed by atoms with Gasteiger partial charge in [-0.05, 0) is 30.5 Å². The minimum absolute atomic E-state index is 0.169. The first-order valence-corrected chi connectivity index (χ1v) is 13.8. The van der Waals surface area contributed by atoms with Gasteiger partial charge in [-0.15, -0.1) is 5.54 Å². The maximum atomic E-state index is 3.57. The predicted molar refractivity (Wildman–Crippen MR) is 130 cm³/mol. The third-order valence-electron chi connectivity index (χ3n) is 4.86. The molecule has 0 saturated heterocycles. The van der Waals surface area contributed by atoms with E-state index in [1.54, 1.807) is 0 Å². The van der Waals surface area contributed by atoms with Crippen molar-refractivity contribution in [3.05, 3.63) is 113 Å². The van der Waals surface area contributed by atoms with Crippen LogP contribution < -0.4 is 0 Å². The molecule has 0 aliphatic rings. The normalized spacial score (nSPS) is 11.9. The second kappa shape index (κ2) is 9.12. The fourth-order valence-corrected chi connectivity index (χ4v) is 3.69.